The molecule has 1 aliphatic carbocycles. The zero-order chi connectivity index (χ0) is 11.7. The molecule has 2 nitrogen and oxygen atoms in total. The van der Waals surface area contributed by atoms with E-state index < -0.39 is 0 Å². The van der Waals surface area contributed by atoms with Gasteiger partial charge in [0.2, 0.25) is 0 Å². The van der Waals surface area contributed by atoms with Gasteiger partial charge in [-0.05, 0) is 37.3 Å². The van der Waals surface area contributed by atoms with Crippen molar-refractivity contribution in [3.8, 4) is 0 Å². The Bertz CT molecular complexity index is 209. The molecule has 0 bridgehead atoms. The van der Waals surface area contributed by atoms with Crippen LogP contribution in [0.4, 0.5) is 0 Å². The first kappa shape index (κ1) is 13.0. The Morgan fingerprint density at radius 2 is 2.00 bits per heavy atom. The fraction of sp³-hybridized carbons (Fsp3) is 1.00. The van der Waals surface area contributed by atoms with Crippen LogP contribution in [-0.2, 0) is 0 Å². The molecular formula is C13H28N2. The molecular weight excluding hydrogens is 184 g/mol. The van der Waals surface area contributed by atoms with E-state index in [2.05, 4.69) is 39.6 Å². The minimum absolute atomic E-state index is 0.243. The average molecular weight is 212 g/mol. The quantitative estimate of drug-likeness (QED) is 0.776. The maximum Gasteiger partial charge on any atom is 0.0144 e. The van der Waals surface area contributed by atoms with Crippen LogP contribution < -0.4 is 5.73 Å². The van der Waals surface area contributed by atoms with E-state index in [-0.39, 0.29) is 5.41 Å². The Morgan fingerprint density at radius 1 is 1.40 bits per heavy atom. The van der Waals surface area contributed by atoms with Crippen molar-refractivity contribution in [2.45, 2.75) is 53.0 Å². The summed E-state index contributed by atoms with van der Waals surface area (Å²) in [6.07, 6.45) is 4.10. The Kier molecular flexibility index (Phi) is 3.83. The summed E-state index contributed by atoms with van der Waals surface area (Å²) in [4.78, 5) is 2.53. The van der Waals surface area contributed by atoms with E-state index in [1.54, 1.807) is 0 Å². The molecule has 0 spiro atoms. The maximum atomic E-state index is 5.79. The molecule has 0 heterocycles. The zero-order valence-corrected chi connectivity index (χ0v) is 11.1. The van der Waals surface area contributed by atoms with Crippen molar-refractivity contribution < 1.29 is 0 Å². The molecule has 1 fully saturated rings. The minimum atomic E-state index is 0.243. The Morgan fingerprint density at radius 3 is 2.40 bits per heavy atom. The molecule has 0 aliphatic heterocycles. The first-order valence-corrected chi connectivity index (χ1v) is 6.19. The normalized spacial score (nSPS) is 26.2. The lowest BCUT2D eigenvalue weighted by Crippen LogP contribution is -2.45. The molecule has 2 N–H and O–H groups in total. The molecule has 0 aromatic rings. The van der Waals surface area contributed by atoms with E-state index in [1.165, 1.54) is 19.3 Å². The molecule has 1 unspecified atom stereocenters. The van der Waals surface area contributed by atoms with Crippen LogP contribution in [0.5, 0.6) is 0 Å². The molecule has 0 radical (unpaired) electrons. The predicted octanol–water partition coefficient (Wildman–Crippen LogP) is 2.48. The molecule has 0 saturated heterocycles. The lowest BCUT2D eigenvalue weighted by molar-refractivity contribution is 0.101. The van der Waals surface area contributed by atoms with Gasteiger partial charge in [-0.1, -0.05) is 34.1 Å². The highest BCUT2D eigenvalue weighted by molar-refractivity contribution is 4.92. The molecule has 1 aliphatic rings. The Labute approximate surface area is 95.2 Å². The molecule has 1 atom stereocenters. The van der Waals surface area contributed by atoms with Gasteiger partial charge in [0.25, 0.3) is 0 Å². The van der Waals surface area contributed by atoms with Crippen LogP contribution in [-0.4, -0.2) is 31.1 Å². The first-order valence-electron chi connectivity index (χ1n) is 6.19. The summed E-state index contributed by atoms with van der Waals surface area (Å²) in [5, 5.41) is 0. The van der Waals surface area contributed by atoms with Crippen LogP contribution in [0.3, 0.4) is 0 Å². The smallest absolute Gasteiger partial charge is 0.0144 e. The lowest BCUT2D eigenvalue weighted by atomic mass is 9.85. The van der Waals surface area contributed by atoms with Gasteiger partial charge < -0.3 is 10.6 Å². The van der Waals surface area contributed by atoms with Crippen molar-refractivity contribution in [3.63, 3.8) is 0 Å². The molecule has 0 amide bonds. The van der Waals surface area contributed by atoms with Gasteiger partial charge in [-0.3, -0.25) is 0 Å². The topological polar surface area (TPSA) is 29.3 Å². The summed E-state index contributed by atoms with van der Waals surface area (Å²) < 4.78 is 0. The van der Waals surface area contributed by atoms with Gasteiger partial charge in [0.05, 0.1) is 0 Å². The van der Waals surface area contributed by atoms with Gasteiger partial charge in [-0.15, -0.1) is 0 Å². The van der Waals surface area contributed by atoms with Crippen molar-refractivity contribution in [1.82, 2.24) is 4.90 Å². The van der Waals surface area contributed by atoms with Gasteiger partial charge in [-0.2, -0.15) is 0 Å². The van der Waals surface area contributed by atoms with Crippen molar-refractivity contribution in [3.05, 3.63) is 0 Å². The van der Waals surface area contributed by atoms with Gasteiger partial charge in [0.15, 0.2) is 0 Å². The van der Waals surface area contributed by atoms with Crippen LogP contribution in [0.2, 0.25) is 0 Å². The van der Waals surface area contributed by atoms with Crippen LogP contribution in [0.15, 0.2) is 0 Å². The average Bonchev–Trinajstić information content (AvgIpc) is 2.44. The number of hydrogen-bond donors (Lipinski definition) is 1. The van der Waals surface area contributed by atoms with Gasteiger partial charge >= 0.3 is 0 Å². The zero-order valence-electron chi connectivity index (χ0n) is 11.1. The van der Waals surface area contributed by atoms with Crippen molar-refractivity contribution >= 4 is 0 Å². The van der Waals surface area contributed by atoms with Crippen LogP contribution >= 0.6 is 0 Å². The predicted molar refractivity (Wildman–Crippen MR) is 66.9 cm³/mol. The van der Waals surface area contributed by atoms with E-state index in [0.29, 0.717) is 5.41 Å². The molecule has 0 aromatic heterocycles. The minimum Gasteiger partial charge on any atom is -0.330 e. The molecule has 1 rings (SSSR count). The second-order valence-corrected chi connectivity index (χ2v) is 6.68. The third kappa shape index (κ3) is 3.18. The van der Waals surface area contributed by atoms with E-state index in [1.807, 2.05) is 0 Å². The molecule has 2 heteroatoms. The molecule has 90 valence electrons. The van der Waals surface area contributed by atoms with Gasteiger partial charge in [0.1, 0.15) is 0 Å². The SMILES string of the molecule is CN(CC(C)(C)CN)C1CCCC1(C)C. The summed E-state index contributed by atoms with van der Waals surface area (Å²) in [6, 6.07) is 0.739. The van der Waals surface area contributed by atoms with Crippen LogP contribution in [0.1, 0.15) is 47.0 Å². The molecule has 15 heavy (non-hydrogen) atoms. The van der Waals surface area contributed by atoms with Gasteiger partial charge in [-0.25, -0.2) is 0 Å². The number of rotatable bonds is 4. The highest BCUT2D eigenvalue weighted by atomic mass is 15.1. The van der Waals surface area contributed by atoms with Crippen molar-refractivity contribution in [2.24, 2.45) is 16.6 Å². The Hall–Kier alpha value is -0.0800. The number of nitrogens with two attached hydrogens (primary N) is 1. The van der Waals surface area contributed by atoms with Crippen molar-refractivity contribution in [1.29, 1.82) is 0 Å². The monoisotopic (exact) mass is 212 g/mol. The number of hydrogen-bond acceptors (Lipinski definition) is 2. The largest absolute Gasteiger partial charge is 0.330 e. The third-order valence-electron chi connectivity index (χ3n) is 3.96. The highest BCUT2D eigenvalue weighted by Crippen LogP contribution is 2.40. The standard InChI is InChI=1S/C13H28N2/c1-12(2,9-14)10-15(5)11-7-6-8-13(11,3)4/h11H,6-10,14H2,1-5H3. The Balaban J connectivity index is 2.57. The fourth-order valence-corrected chi connectivity index (χ4v) is 2.98. The second kappa shape index (κ2) is 4.42. The summed E-state index contributed by atoms with van der Waals surface area (Å²) in [6.45, 7) is 11.2. The summed E-state index contributed by atoms with van der Waals surface area (Å²) in [5.74, 6) is 0. The fourth-order valence-electron chi connectivity index (χ4n) is 2.98. The van der Waals surface area contributed by atoms with Crippen LogP contribution in [0.25, 0.3) is 0 Å². The summed E-state index contributed by atoms with van der Waals surface area (Å²) >= 11 is 0. The van der Waals surface area contributed by atoms with Crippen molar-refractivity contribution in [2.75, 3.05) is 20.1 Å². The second-order valence-electron chi connectivity index (χ2n) is 6.68. The molecule has 1 saturated carbocycles. The summed E-state index contributed by atoms with van der Waals surface area (Å²) in [7, 11) is 2.26. The van der Waals surface area contributed by atoms with E-state index in [9.17, 15) is 0 Å². The maximum absolute atomic E-state index is 5.79. The summed E-state index contributed by atoms with van der Waals surface area (Å²) in [5.41, 5.74) is 6.52. The van der Waals surface area contributed by atoms with Crippen LogP contribution in [0, 0.1) is 10.8 Å². The third-order valence-corrected chi connectivity index (χ3v) is 3.96. The van der Waals surface area contributed by atoms with E-state index in [0.717, 1.165) is 19.1 Å². The molecule has 0 aromatic carbocycles. The highest BCUT2D eigenvalue weighted by Gasteiger charge is 2.38. The lowest BCUT2D eigenvalue weighted by Gasteiger charge is -2.39. The van der Waals surface area contributed by atoms with Gasteiger partial charge in [0, 0.05) is 12.6 Å². The first-order chi connectivity index (χ1) is 6.78. The number of nitrogens with zero attached hydrogens (tertiary/aromatic N) is 1. The van der Waals surface area contributed by atoms with E-state index in [4.69, 9.17) is 5.73 Å². The van der Waals surface area contributed by atoms with E-state index >= 15 is 0 Å².